The summed E-state index contributed by atoms with van der Waals surface area (Å²) in [6.45, 7) is 1.80. The summed E-state index contributed by atoms with van der Waals surface area (Å²) in [4.78, 5) is 11.7. The van der Waals surface area contributed by atoms with Gasteiger partial charge in [-0.3, -0.25) is 4.79 Å². The van der Waals surface area contributed by atoms with Crippen molar-refractivity contribution in [1.29, 1.82) is 0 Å². The summed E-state index contributed by atoms with van der Waals surface area (Å²) in [5, 5.41) is 15.7. The van der Waals surface area contributed by atoms with Crippen molar-refractivity contribution in [1.82, 2.24) is 10.6 Å². The predicted molar refractivity (Wildman–Crippen MR) is 61.2 cm³/mol. The third-order valence-electron chi connectivity index (χ3n) is 2.77. The first kappa shape index (κ1) is 11.0. The lowest BCUT2D eigenvalue weighted by Gasteiger charge is -2.11. The van der Waals surface area contributed by atoms with Crippen LogP contribution in [0.3, 0.4) is 0 Å². The Labute approximate surface area is 94.7 Å². The third kappa shape index (κ3) is 2.73. The minimum Gasteiger partial charge on any atom is -0.508 e. The lowest BCUT2D eigenvalue weighted by molar-refractivity contribution is -0.121. The molecular weight excluding hydrogens is 204 g/mol. The van der Waals surface area contributed by atoms with E-state index in [2.05, 4.69) is 10.6 Å². The van der Waals surface area contributed by atoms with E-state index in [0.717, 1.165) is 19.5 Å². The molecule has 0 saturated carbocycles. The van der Waals surface area contributed by atoms with Crippen molar-refractivity contribution in [3.05, 3.63) is 29.8 Å². The molecule has 2 rings (SSSR count). The summed E-state index contributed by atoms with van der Waals surface area (Å²) < 4.78 is 0. The molecule has 0 aromatic heterocycles. The Morgan fingerprint density at radius 3 is 3.00 bits per heavy atom. The maximum absolute atomic E-state index is 11.7. The van der Waals surface area contributed by atoms with Crippen molar-refractivity contribution in [3.8, 4) is 5.75 Å². The van der Waals surface area contributed by atoms with Crippen LogP contribution in [0.2, 0.25) is 0 Å². The standard InChI is InChI=1S/C12H16N2O2/c15-11-4-2-1-3-9(11)7-12(16)14-10-5-6-13-8-10/h1-4,10,13,15H,5-8H2,(H,14,16)/t10-/m1/s1. The summed E-state index contributed by atoms with van der Waals surface area (Å²) in [6, 6.07) is 7.16. The molecular formula is C12H16N2O2. The molecule has 3 N–H and O–H groups in total. The number of carbonyl (C=O) groups is 1. The second-order valence-electron chi connectivity index (χ2n) is 4.06. The highest BCUT2D eigenvalue weighted by molar-refractivity contribution is 5.79. The summed E-state index contributed by atoms with van der Waals surface area (Å²) in [5.41, 5.74) is 0.672. The number of aromatic hydroxyl groups is 1. The average Bonchev–Trinajstić information content (AvgIpc) is 2.74. The molecule has 1 fully saturated rings. The Bertz CT molecular complexity index is 373. The Morgan fingerprint density at radius 1 is 1.50 bits per heavy atom. The lowest BCUT2D eigenvalue weighted by Crippen LogP contribution is -2.37. The van der Waals surface area contributed by atoms with E-state index in [1.54, 1.807) is 18.2 Å². The second-order valence-corrected chi connectivity index (χ2v) is 4.06. The van der Waals surface area contributed by atoms with Gasteiger partial charge in [0.1, 0.15) is 5.75 Å². The zero-order valence-electron chi connectivity index (χ0n) is 9.07. The Balaban J connectivity index is 1.89. The number of hydrogen-bond acceptors (Lipinski definition) is 3. The molecule has 4 heteroatoms. The molecule has 1 amide bonds. The van der Waals surface area contributed by atoms with Gasteiger partial charge in [0.05, 0.1) is 6.42 Å². The summed E-state index contributed by atoms with van der Waals surface area (Å²) in [6.07, 6.45) is 1.22. The highest BCUT2D eigenvalue weighted by Crippen LogP contribution is 2.15. The third-order valence-corrected chi connectivity index (χ3v) is 2.77. The van der Waals surface area contributed by atoms with Crippen LogP contribution >= 0.6 is 0 Å². The van der Waals surface area contributed by atoms with Gasteiger partial charge in [0.15, 0.2) is 0 Å². The first-order valence-electron chi connectivity index (χ1n) is 5.52. The van der Waals surface area contributed by atoms with E-state index in [1.165, 1.54) is 0 Å². The first-order valence-corrected chi connectivity index (χ1v) is 5.52. The normalized spacial score (nSPS) is 19.6. The molecule has 1 aromatic carbocycles. The maximum atomic E-state index is 11.7. The average molecular weight is 220 g/mol. The molecule has 1 heterocycles. The van der Waals surface area contributed by atoms with E-state index in [0.29, 0.717) is 5.56 Å². The minimum absolute atomic E-state index is 0.0322. The van der Waals surface area contributed by atoms with Crippen LogP contribution in [-0.4, -0.2) is 30.1 Å². The number of amides is 1. The van der Waals surface area contributed by atoms with Crippen LogP contribution in [0.1, 0.15) is 12.0 Å². The molecule has 0 radical (unpaired) electrons. The van der Waals surface area contributed by atoms with Crippen molar-refractivity contribution < 1.29 is 9.90 Å². The second kappa shape index (κ2) is 4.99. The first-order chi connectivity index (χ1) is 7.75. The lowest BCUT2D eigenvalue weighted by atomic mass is 10.1. The number of para-hydroxylation sites is 1. The van der Waals surface area contributed by atoms with Crippen LogP contribution in [0.5, 0.6) is 5.75 Å². The van der Waals surface area contributed by atoms with E-state index < -0.39 is 0 Å². The smallest absolute Gasteiger partial charge is 0.224 e. The maximum Gasteiger partial charge on any atom is 0.224 e. The number of nitrogens with one attached hydrogen (secondary N) is 2. The topological polar surface area (TPSA) is 61.4 Å². The van der Waals surface area contributed by atoms with E-state index in [-0.39, 0.29) is 24.1 Å². The summed E-state index contributed by atoms with van der Waals surface area (Å²) >= 11 is 0. The molecule has 4 nitrogen and oxygen atoms in total. The zero-order chi connectivity index (χ0) is 11.4. The molecule has 1 saturated heterocycles. The van der Waals surface area contributed by atoms with Crippen LogP contribution in [0, 0.1) is 0 Å². The SMILES string of the molecule is O=C(Cc1ccccc1O)N[C@@H]1CCNC1. The van der Waals surface area contributed by atoms with E-state index in [4.69, 9.17) is 0 Å². The Kier molecular flexibility index (Phi) is 3.41. The van der Waals surface area contributed by atoms with Gasteiger partial charge in [-0.05, 0) is 19.0 Å². The van der Waals surface area contributed by atoms with Crippen LogP contribution in [-0.2, 0) is 11.2 Å². The molecule has 1 aliphatic heterocycles. The van der Waals surface area contributed by atoms with Gasteiger partial charge in [0.2, 0.25) is 5.91 Å². The van der Waals surface area contributed by atoms with Crippen molar-refractivity contribution in [2.75, 3.05) is 13.1 Å². The number of hydrogen-bond donors (Lipinski definition) is 3. The van der Waals surface area contributed by atoms with Gasteiger partial charge in [-0.2, -0.15) is 0 Å². The minimum atomic E-state index is -0.0322. The van der Waals surface area contributed by atoms with Crippen molar-refractivity contribution in [2.45, 2.75) is 18.9 Å². The van der Waals surface area contributed by atoms with E-state index in [9.17, 15) is 9.90 Å². The van der Waals surface area contributed by atoms with Crippen molar-refractivity contribution in [2.24, 2.45) is 0 Å². The fourth-order valence-corrected chi connectivity index (χ4v) is 1.89. The Hall–Kier alpha value is -1.55. The molecule has 1 aromatic rings. The van der Waals surface area contributed by atoms with Gasteiger partial charge >= 0.3 is 0 Å². The summed E-state index contributed by atoms with van der Waals surface area (Å²) in [5.74, 6) is 0.150. The van der Waals surface area contributed by atoms with Crippen molar-refractivity contribution >= 4 is 5.91 Å². The van der Waals surface area contributed by atoms with Crippen LogP contribution in [0.15, 0.2) is 24.3 Å². The number of carbonyl (C=O) groups excluding carboxylic acids is 1. The molecule has 1 aliphatic rings. The van der Waals surface area contributed by atoms with Crippen LogP contribution in [0.25, 0.3) is 0 Å². The highest BCUT2D eigenvalue weighted by Gasteiger charge is 2.17. The van der Waals surface area contributed by atoms with Gasteiger partial charge in [-0.1, -0.05) is 18.2 Å². The van der Waals surface area contributed by atoms with Gasteiger partial charge in [0, 0.05) is 18.2 Å². The monoisotopic (exact) mass is 220 g/mol. The van der Waals surface area contributed by atoms with Crippen molar-refractivity contribution in [3.63, 3.8) is 0 Å². The summed E-state index contributed by atoms with van der Waals surface area (Å²) in [7, 11) is 0. The highest BCUT2D eigenvalue weighted by atomic mass is 16.3. The molecule has 86 valence electrons. The fourth-order valence-electron chi connectivity index (χ4n) is 1.89. The van der Waals surface area contributed by atoms with Gasteiger partial charge in [-0.15, -0.1) is 0 Å². The molecule has 0 spiro atoms. The number of phenols is 1. The number of rotatable bonds is 3. The molecule has 0 unspecified atom stereocenters. The van der Waals surface area contributed by atoms with Crippen LogP contribution in [0.4, 0.5) is 0 Å². The largest absolute Gasteiger partial charge is 0.508 e. The van der Waals surface area contributed by atoms with E-state index in [1.807, 2.05) is 6.07 Å². The van der Waals surface area contributed by atoms with Gasteiger partial charge in [-0.25, -0.2) is 0 Å². The molecule has 0 aliphatic carbocycles. The number of phenolic OH excluding ortho intramolecular Hbond substituents is 1. The molecule has 16 heavy (non-hydrogen) atoms. The fraction of sp³-hybridized carbons (Fsp3) is 0.417. The number of benzene rings is 1. The quantitative estimate of drug-likeness (QED) is 0.691. The van der Waals surface area contributed by atoms with Gasteiger partial charge < -0.3 is 15.7 Å². The zero-order valence-corrected chi connectivity index (χ0v) is 9.07. The predicted octanol–water partition coefficient (Wildman–Crippen LogP) is 0.413. The van der Waals surface area contributed by atoms with E-state index >= 15 is 0 Å². The van der Waals surface area contributed by atoms with Crippen LogP contribution < -0.4 is 10.6 Å². The molecule has 1 atom stereocenters. The molecule has 0 bridgehead atoms. The van der Waals surface area contributed by atoms with Gasteiger partial charge in [0.25, 0.3) is 0 Å². The Morgan fingerprint density at radius 2 is 2.31 bits per heavy atom.